The van der Waals surface area contributed by atoms with Crippen molar-refractivity contribution < 1.29 is 9.18 Å². The Morgan fingerprint density at radius 2 is 1.82 bits per heavy atom. The maximum atomic E-state index is 14.0. The summed E-state index contributed by atoms with van der Waals surface area (Å²) in [5.74, 6) is -0.415. The Kier molecular flexibility index (Phi) is 5.00. The van der Waals surface area contributed by atoms with Crippen LogP contribution in [0.15, 0.2) is 48.5 Å². The van der Waals surface area contributed by atoms with Crippen LogP contribution in [-0.2, 0) is 0 Å². The quantitative estimate of drug-likeness (QED) is 0.678. The lowest BCUT2D eigenvalue weighted by atomic mass is 10.2. The van der Waals surface area contributed by atoms with Gasteiger partial charge in [-0.1, -0.05) is 35.0 Å². The van der Waals surface area contributed by atoms with Crippen molar-refractivity contribution >= 4 is 23.2 Å². The van der Waals surface area contributed by atoms with Crippen LogP contribution in [0.4, 0.5) is 10.1 Å². The van der Waals surface area contributed by atoms with Gasteiger partial charge in [-0.05, 0) is 37.3 Å². The number of hydrogen-bond donors (Lipinski definition) is 0. The molecule has 0 bridgehead atoms. The third kappa shape index (κ3) is 3.45. The van der Waals surface area contributed by atoms with Gasteiger partial charge in [0.25, 0.3) is 5.91 Å². The Hall–Kier alpha value is -2.93. The first-order valence-electron chi connectivity index (χ1n) is 9.01. The maximum Gasteiger partial charge on any atom is 0.276 e. The van der Waals surface area contributed by atoms with Crippen molar-refractivity contribution in [3.8, 4) is 5.69 Å². The Morgan fingerprint density at radius 1 is 1.07 bits per heavy atom. The monoisotopic (exact) mass is 399 g/mol. The highest BCUT2D eigenvalue weighted by molar-refractivity contribution is 6.30. The molecule has 1 aliphatic heterocycles. The van der Waals surface area contributed by atoms with Crippen molar-refractivity contribution in [1.82, 2.24) is 19.9 Å². The van der Waals surface area contributed by atoms with Gasteiger partial charge < -0.3 is 9.80 Å². The number of carbonyl (C=O) groups is 1. The zero-order chi connectivity index (χ0) is 19.7. The minimum Gasteiger partial charge on any atom is -0.366 e. The van der Waals surface area contributed by atoms with E-state index < -0.39 is 0 Å². The summed E-state index contributed by atoms with van der Waals surface area (Å²) in [7, 11) is 0. The Morgan fingerprint density at radius 3 is 2.54 bits per heavy atom. The second-order valence-electron chi connectivity index (χ2n) is 6.65. The number of para-hydroxylation sites is 1. The van der Waals surface area contributed by atoms with Gasteiger partial charge in [-0.3, -0.25) is 4.79 Å². The predicted molar refractivity (Wildman–Crippen MR) is 106 cm³/mol. The van der Waals surface area contributed by atoms with Crippen molar-refractivity contribution in [1.29, 1.82) is 0 Å². The molecule has 1 aromatic heterocycles. The summed E-state index contributed by atoms with van der Waals surface area (Å²) in [6.07, 6.45) is 0. The molecular weight excluding hydrogens is 381 g/mol. The number of amides is 1. The van der Waals surface area contributed by atoms with Crippen LogP contribution in [0.2, 0.25) is 5.02 Å². The third-order valence-electron chi connectivity index (χ3n) is 4.91. The molecule has 1 amide bonds. The molecule has 0 radical (unpaired) electrons. The predicted octanol–water partition coefficient (Wildman–Crippen LogP) is 3.33. The number of aromatic nitrogens is 3. The van der Waals surface area contributed by atoms with Crippen LogP contribution in [0, 0.1) is 12.7 Å². The van der Waals surface area contributed by atoms with E-state index in [2.05, 4.69) is 10.3 Å². The highest BCUT2D eigenvalue weighted by Crippen LogP contribution is 2.22. The fourth-order valence-corrected chi connectivity index (χ4v) is 3.57. The normalized spacial score (nSPS) is 14.4. The van der Waals surface area contributed by atoms with Crippen molar-refractivity contribution in [2.45, 2.75) is 6.92 Å². The van der Waals surface area contributed by atoms with Crippen LogP contribution >= 0.6 is 11.6 Å². The Bertz CT molecular complexity index is 1010. The molecule has 2 heterocycles. The lowest BCUT2D eigenvalue weighted by molar-refractivity contribution is 0.0740. The van der Waals surface area contributed by atoms with Crippen molar-refractivity contribution in [2.75, 3.05) is 31.1 Å². The van der Waals surface area contributed by atoms with E-state index in [0.29, 0.717) is 48.3 Å². The van der Waals surface area contributed by atoms with Gasteiger partial charge in [-0.25, -0.2) is 9.07 Å². The van der Waals surface area contributed by atoms with Crippen LogP contribution in [0.5, 0.6) is 0 Å². The van der Waals surface area contributed by atoms with Crippen molar-refractivity contribution in [3.05, 3.63) is 70.8 Å². The van der Waals surface area contributed by atoms with E-state index in [9.17, 15) is 9.18 Å². The molecule has 0 aliphatic carbocycles. The molecule has 144 valence electrons. The lowest BCUT2D eigenvalue weighted by Crippen LogP contribution is -2.49. The van der Waals surface area contributed by atoms with E-state index >= 15 is 0 Å². The second-order valence-corrected chi connectivity index (χ2v) is 7.08. The minimum atomic E-state index is -0.248. The van der Waals surface area contributed by atoms with Crippen LogP contribution in [-0.4, -0.2) is 52.0 Å². The first-order chi connectivity index (χ1) is 13.5. The summed E-state index contributed by atoms with van der Waals surface area (Å²) in [5, 5.41) is 8.80. The summed E-state index contributed by atoms with van der Waals surface area (Å²) in [5.41, 5.74) is 2.29. The Labute approximate surface area is 167 Å². The number of piperazine rings is 1. The van der Waals surface area contributed by atoms with E-state index in [-0.39, 0.29) is 11.7 Å². The number of nitrogens with zero attached hydrogens (tertiary/aromatic N) is 5. The summed E-state index contributed by atoms with van der Waals surface area (Å²) in [6.45, 7) is 3.93. The van der Waals surface area contributed by atoms with Gasteiger partial charge in [0.05, 0.1) is 17.1 Å². The van der Waals surface area contributed by atoms with Crippen LogP contribution < -0.4 is 4.90 Å². The number of rotatable bonds is 3. The summed E-state index contributed by atoms with van der Waals surface area (Å²) in [4.78, 5) is 16.6. The number of anilines is 1. The maximum absolute atomic E-state index is 14.0. The lowest BCUT2D eigenvalue weighted by Gasteiger charge is -2.35. The zero-order valence-corrected chi connectivity index (χ0v) is 16.1. The van der Waals surface area contributed by atoms with Crippen LogP contribution in [0.25, 0.3) is 5.69 Å². The highest BCUT2D eigenvalue weighted by Gasteiger charge is 2.27. The van der Waals surface area contributed by atoms with Gasteiger partial charge in [0.15, 0.2) is 5.69 Å². The number of carbonyl (C=O) groups excluding carboxylic acids is 1. The van der Waals surface area contributed by atoms with Crippen molar-refractivity contribution in [2.24, 2.45) is 0 Å². The molecule has 4 rings (SSSR count). The largest absolute Gasteiger partial charge is 0.366 e. The molecule has 2 aromatic carbocycles. The Balaban J connectivity index is 1.48. The molecule has 1 fully saturated rings. The van der Waals surface area contributed by atoms with Gasteiger partial charge in [0.1, 0.15) is 5.82 Å². The van der Waals surface area contributed by atoms with Crippen molar-refractivity contribution in [3.63, 3.8) is 0 Å². The van der Waals surface area contributed by atoms with Gasteiger partial charge in [-0.15, -0.1) is 5.10 Å². The van der Waals surface area contributed by atoms with Gasteiger partial charge in [-0.2, -0.15) is 0 Å². The van der Waals surface area contributed by atoms with E-state index in [1.54, 1.807) is 33.8 Å². The molecule has 0 unspecified atom stereocenters. The molecule has 0 atom stereocenters. The first-order valence-corrected chi connectivity index (χ1v) is 9.39. The molecule has 6 nitrogen and oxygen atoms in total. The van der Waals surface area contributed by atoms with E-state index in [0.717, 1.165) is 5.69 Å². The van der Waals surface area contributed by atoms with E-state index in [1.807, 2.05) is 30.0 Å². The second kappa shape index (κ2) is 7.59. The minimum absolute atomic E-state index is 0.168. The average molecular weight is 400 g/mol. The third-order valence-corrected chi connectivity index (χ3v) is 5.15. The van der Waals surface area contributed by atoms with E-state index in [4.69, 9.17) is 11.6 Å². The van der Waals surface area contributed by atoms with Crippen LogP contribution in [0.3, 0.4) is 0 Å². The van der Waals surface area contributed by atoms with E-state index in [1.165, 1.54) is 6.07 Å². The van der Waals surface area contributed by atoms with Gasteiger partial charge in [0.2, 0.25) is 0 Å². The molecule has 1 aliphatic rings. The molecule has 3 aromatic rings. The van der Waals surface area contributed by atoms with Gasteiger partial charge in [0, 0.05) is 31.2 Å². The van der Waals surface area contributed by atoms with Crippen LogP contribution in [0.1, 0.15) is 16.2 Å². The number of hydrogen-bond acceptors (Lipinski definition) is 4. The summed E-state index contributed by atoms with van der Waals surface area (Å²) >= 11 is 6.05. The molecule has 8 heteroatoms. The highest BCUT2D eigenvalue weighted by atomic mass is 35.5. The number of benzene rings is 2. The molecular formula is C20H19ClFN5O. The molecule has 0 saturated carbocycles. The average Bonchev–Trinajstić information content (AvgIpc) is 3.09. The molecule has 0 N–H and O–H groups in total. The van der Waals surface area contributed by atoms with Gasteiger partial charge >= 0.3 is 0 Å². The standard InChI is InChI=1S/C20H19ClFN5O/c1-14-19(23-24-27(14)16-6-4-5-15(21)13-16)20(28)26-11-9-25(10-12-26)18-8-3-2-7-17(18)22/h2-8,13H,9-12H2,1H3. The molecule has 1 saturated heterocycles. The fraction of sp³-hybridized carbons (Fsp3) is 0.250. The molecule has 0 spiro atoms. The smallest absolute Gasteiger partial charge is 0.276 e. The summed E-state index contributed by atoms with van der Waals surface area (Å²) in [6, 6.07) is 13.9. The summed E-state index contributed by atoms with van der Waals surface area (Å²) < 4.78 is 15.6. The SMILES string of the molecule is Cc1c(C(=O)N2CCN(c3ccccc3F)CC2)nnn1-c1cccc(Cl)c1. The molecule has 28 heavy (non-hydrogen) atoms. The topological polar surface area (TPSA) is 54.3 Å². The fourth-order valence-electron chi connectivity index (χ4n) is 3.39. The zero-order valence-electron chi connectivity index (χ0n) is 15.3. The number of halogens is 2. The first kappa shape index (κ1) is 18.4.